The molecule has 1 N–H and O–H groups in total. The van der Waals surface area contributed by atoms with Gasteiger partial charge in [-0.15, -0.1) is 11.3 Å². The Labute approximate surface area is 109 Å². The average Bonchev–Trinajstić information content (AvgIpc) is 2.79. The van der Waals surface area contributed by atoms with Crippen LogP contribution in [-0.4, -0.2) is 11.0 Å². The van der Waals surface area contributed by atoms with Crippen molar-refractivity contribution in [1.82, 2.24) is 10.3 Å². The third kappa shape index (κ3) is 4.40. The molecule has 1 aromatic heterocycles. The molecule has 1 aliphatic carbocycles. The van der Waals surface area contributed by atoms with E-state index in [0.29, 0.717) is 0 Å². The van der Waals surface area contributed by atoms with Crippen molar-refractivity contribution in [1.29, 1.82) is 0 Å². The topological polar surface area (TPSA) is 24.9 Å². The highest BCUT2D eigenvalue weighted by molar-refractivity contribution is 7.09. The van der Waals surface area contributed by atoms with E-state index in [4.69, 9.17) is 0 Å². The lowest BCUT2D eigenvalue weighted by atomic mass is 9.81. The van der Waals surface area contributed by atoms with Crippen molar-refractivity contribution in [2.24, 2.45) is 11.8 Å². The van der Waals surface area contributed by atoms with Crippen LogP contribution in [-0.2, 0) is 6.54 Å². The highest BCUT2D eigenvalue weighted by atomic mass is 32.1. The van der Waals surface area contributed by atoms with Crippen LogP contribution in [0.25, 0.3) is 0 Å². The van der Waals surface area contributed by atoms with Crippen molar-refractivity contribution >= 4 is 11.3 Å². The molecule has 17 heavy (non-hydrogen) atoms. The molecule has 1 aromatic rings. The molecule has 1 saturated carbocycles. The number of nitrogens with one attached hydrogen (secondary N) is 1. The predicted octanol–water partition coefficient (Wildman–Crippen LogP) is 3.84. The molecule has 0 amide bonds. The zero-order valence-electron chi connectivity index (χ0n) is 11.0. The van der Waals surface area contributed by atoms with Crippen molar-refractivity contribution in [2.45, 2.75) is 58.5 Å². The van der Waals surface area contributed by atoms with E-state index in [9.17, 15) is 0 Å². The number of rotatable bonds is 5. The van der Waals surface area contributed by atoms with Gasteiger partial charge in [0, 0.05) is 24.2 Å². The van der Waals surface area contributed by atoms with Gasteiger partial charge in [-0.1, -0.05) is 26.7 Å². The van der Waals surface area contributed by atoms with Gasteiger partial charge >= 0.3 is 0 Å². The fourth-order valence-electron chi connectivity index (χ4n) is 2.93. The Morgan fingerprint density at radius 2 is 2.35 bits per heavy atom. The van der Waals surface area contributed by atoms with Crippen LogP contribution in [0, 0.1) is 11.8 Å². The Balaban J connectivity index is 1.73. The summed E-state index contributed by atoms with van der Waals surface area (Å²) in [4.78, 5) is 4.32. The summed E-state index contributed by atoms with van der Waals surface area (Å²) < 4.78 is 0. The van der Waals surface area contributed by atoms with Crippen LogP contribution in [0.3, 0.4) is 0 Å². The first-order valence-corrected chi connectivity index (χ1v) is 7.73. The number of hydrogen-bond acceptors (Lipinski definition) is 3. The molecule has 0 bridgehead atoms. The molecule has 2 unspecified atom stereocenters. The lowest BCUT2D eigenvalue weighted by Crippen LogP contribution is -2.34. The van der Waals surface area contributed by atoms with Gasteiger partial charge in [0.2, 0.25) is 0 Å². The van der Waals surface area contributed by atoms with Crippen LogP contribution in [0.2, 0.25) is 0 Å². The van der Waals surface area contributed by atoms with Crippen molar-refractivity contribution in [3.05, 3.63) is 16.6 Å². The van der Waals surface area contributed by atoms with E-state index in [1.807, 2.05) is 6.20 Å². The summed E-state index contributed by atoms with van der Waals surface area (Å²) in [7, 11) is 0. The average molecular weight is 252 g/mol. The lowest BCUT2D eigenvalue weighted by Gasteiger charge is -2.30. The van der Waals surface area contributed by atoms with Crippen molar-refractivity contribution < 1.29 is 0 Å². The maximum Gasteiger partial charge on any atom is 0.106 e. The van der Waals surface area contributed by atoms with E-state index in [-0.39, 0.29) is 0 Å². The van der Waals surface area contributed by atoms with Crippen LogP contribution in [0.5, 0.6) is 0 Å². The molecule has 0 aromatic carbocycles. The van der Waals surface area contributed by atoms with Crippen LogP contribution in [0.15, 0.2) is 11.6 Å². The molecule has 96 valence electrons. The molecule has 1 heterocycles. The third-order valence-corrected chi connectivity index (χ3v) is 4.39. The Morgan fingerprint density at radius 1 is 1.47 bits per heavy atom. The summed E-state index contributed by atoms with van der Waals surface area (Å²) in [5, 5.41) is 6.95. The molecule has 1 aliphatic rings. The quantitative estimate of drug-likeness (QED) is 0.861. The summed E-state index contributed by atoms with van der Waals surface area (Å²) in [6, 6.07) is 0.719. The molecule has 0 radical (unpaired) electrons. The van der Waals surface area contributed by atoms with Gasteiger partial charge in [0.05, 0.1) is 0 Å². The Hall–Kier alpha value is -0.410. The molecule has 0 spiro atoms. The van der Waals surface area contributed by atoms with Crippen LogP contribution in [0.4, 0.5) is 0 Å². The second-order valence-corrected chi connectivity index (χ2v) is 6.64. The summed E-state index contributed by atoms with van der Waals surface area (Å²) in [6.45, 7) is 5.63. The van der Waals surface area contributed by atoms with E-state index in [0.717, 1.165) is 24.4 Å². The Kier molecular flexibility index (Phi) is 4.99. The van der Waals surface area contributed by atoms with Crippen LogP contribution < -0.4 is 5.32 Å². The maximum absolute atomic E-state index is 4.32. The van der Waals surface area contributed by atoms with E-state index >= 15 is 0 Å². The fourth-order valence-corrected chi connectivity index (χ4v) is 3.50. The maximum atomic E-state index is 4.32. The number of nitrogens with zero attached hydrogens (tertiary/aromatic N) is 1. The van der Waals surface area contributed by atoms with Gasteiger partial charge in [-0.3, -0.25) is 0 Å². The minimum Gasteiger partial charge on any atom is -0.308 e. The van der Waals surface area contributed by atoms with Gasteiger partial charge in [-0.05, 0) is 31.1 Å². The monoisotopic (exact) mass is 252 g/mol. The Bertz CT molecular complexity index is 308. The number of thiazole rings is 1. The van der Waals surface area contributed by atoms with E-state index < -0.39 is 0 Å². The van der Waals surface area contributed by atoms with Gasteiger partial charge < -0.3 is 5.32 Å². The molecule has 2 atom stereocenters. The van der Waals surface area contributed by atoms with E-state index in [1.54, 1.807) is 11.3 Å². The summed E-state index contributed by atoms with van der Waals surface area (Å²) in [5.41, 5.74) is 0. The molecule has 3 heteroatoms. The van der Waals surface area contributed by atoms with Crippen molar-refractivity contribution in [3.8, 4) is 0 Å². The normalized spacial score (nSPS) is 25.4. The highest BCUT2D eigenvalue weighted by Gasteiger charge is 2.22. The van der Waals surface area contributed by atoms with Gasteiger partial charge in [-0.25, -0.2) is 4.98 Å². The van der Waals surface area contributed by atoms with Crippen molar-refractivity contribution in [2.75, 3.05) is 0 Å². The molecule has 2 rings (SSSR count). The highest BCUT2D eigenvalue weighted by Crippen LogP contribution is 2.29. The molecular formula is C14H24N2S. The first kappa shape index (κ1) is 13.0. The molecule has 2 nitrogen and oxygen atoms in total. The van der Waals surface area contributed by atoms with Gasteiger partial charge in [0.15, 0.2) is 0 Å². The summed E-state index contributed by atoms with van der Waals surface area (Å²) >= 11 is 1.75. The zero-order chi connectivity index (χ0) is 12.1. The third-order valence-electron chi connectivity index (χ3n) is 3.61. The fraction of sp³-hybridized carbons (Fsp3) is 0.786. The summed E-state index contributed by atoms with van der Waals surface area (Å²) in [6.07, 6.45) is 8.84. The lowest BCUT2D eigenvalue weighted by molar-refractivity contribution is 0.252. The van der Waals surface area contributed by atoms with E-state index in [2.05, 4.69) is 29.5 Å². The standard InChI is InChI=1S/C14H24N2S/c1-11(2)8-12-4-3-5-13(9-12)16-10-14-15-6-7-17-14/h6-7,11-13,16H,3-5,8-10H2,1-2H3. The largest absolute Gasteiger partial charge is 0.308 e. The molecule has 0 saturated heterocycles. The SMILES string of the molecule is CC(C)CC1CCCC(NCc2nccs2)C1. The molecule has 1 fully saturated rings. The number of hydrogen-bond donors (Lipinski definition) is 1. The first-order chi connectivity index (χ1) is 8.24. The van der Waals surface area contributed by atoms with Gasteiger partial charge in [-0.2, -0.15) is 0 Å². The first-order valence-electron chi connectivity index (χ1n) is 6.85. The minimum absolute atomic E-state index is 0.719. The van der Waals surface area contributed by atoms with E-state index in [1.165, 1.54) is 37.1 Å². The number of aromatic nitrogens is 1. The molecule has 0 aliphatic heterocycles. The minimum atomic E-state index is 0.719. The predicted molar refractivity (Wildman–Crippen MR) is 74.2 cm³/mol. The smallest absolute Gasteiger partial charge is 0.106 e. The van der Waals surface area contributed by atoms with Crippen LogP contribution >= 0.6 is 11.3 Å². The molecular weight excluding hydrogens is 228 g/mol. The van der Waals surface area contributed by atoms with Crippen LogP contribution in [0.1, 0.15) is 51.0 Å². The van der Waals surface area contributed by atoms with Crippen molar-refractivity contribution in [3.63, 3.8) is 0 Å². The zero-order valence-corrected chi connectivity index (χ0v) is 11.8. The van der Waals surface area contributed by atoms with Gasteiger partial charge in [0.1, 0.15) is 5.01 Å². The Morgan fingerprint density at radius 3 is 3.06 bits per heavy atom. The second-order valence-electron chi connectivity index (χ2n) is 5.67. The second kappa shape index (κ2) is 6.50. The van der Waals surface area contributed by atoms with Gasteiger partial charge in [0.25, 0.3) is 0 Å². The summed E-state index contributed by atoms with van der Waals surface area (Å²) in [5.74, 6) is 1.79.